The average molecular weight is 322 g/mol. The Hall–Kier alpha value is -1.56. The predicted octanol–water partition coefficient (Wildman–Crippen LogP) is 2.03. The molecule has 3 rings (SSSR count). The second-order valence-electron chi connectivity index (χ2n) is 5.61. The molecule has 2 aromatic rings. The molecule has 118 valence electrons. The number of halogens is 1. The first-order valence-electron chi connectivity index (χ1n) is 7.43. The first kappa shape index (κ1) is 15.3. The van der Waals surface area contributed by atoms with Crippen LogP contribution in [0.4, 0.5) is 0 Å². The van der Waals surface area contributed by atoms with Gasteiger partial charge in [0.1, 0.15) is 0 Å². The molecule has 0 aliphatic carbocycles. The van der Waals surface area contributed by atoms with Gasteiger partial charge in [-0.1, -0.05) is 23.7 Å². The summed E-state index contributed by atoms with van der Waals surface area (Å²) in [6.07, 6.45) is 0.790. The summed E-state index contributed by atoms with van der Waals surface area (Å²) < 4.78 is 6.69. The molecule has 0 bridgehead atoms. The van der Waals surface area contributed by atoms with Crippen molar-refractivity contribution in [3.05, 3.63) is 56.5 Å². The summed E-state index contributed by atoms with van der Waals surface area (Å²) in [4.78, 5) is 14.6. The molecule has 0 amide bonds. The van der Waals surface area contributed by atoms with Gasteiger partial charge in [-0.3, -0.25) is 19.5 Å². The van der Waals surface area contributed by atoms with Crippen molar-refractivity contribution in [3.8, 4) is 0 Å². The van der Waals surface area contributed by atoms with Crippen LogP contribution in [-0.2, 0) is 30.8 Å². The Morgan fingerprint density at radius 2 is 2.09 bits per heavy atom. The van der Waals surface area contributed by atoms with E-state index >= 15 is 0 Å². The van der Waals surface area contributed by atoms with Gasteiger partial charge < -0.3 is 4.74 Å². The smallest absolute Gasteiger partial charge is 0.270 e. The molecule has 0 saturated heterocycles. The molecule has 6 heteroatoms. The molecule has 1 aromatic carbocycles. The molecular weight excluding hydrogens is 302 g/mol. The Kier molecular flexibility index (Phi) is 4.66. The van der Waals surface area contributed by atoms with Gasteiger partial charge in [-0.2, -0.15) is 0 Å². The summed E-state index contributed by atoms with van der Waals surface area (Å²) in [5.74, 6) is 0. The van der Waals surface area contributed by atoms with E-state index in [0.717, 1.165) is 42.3 Å². The van der Waals surface area contributed by atoms with Crippen LogP contribution in [-0.4, -0.2) is 34.9 Å². The third-order valence-electron chi connectivity index (χ3n) is 4.04. The van der Waals surface area contributed by atoms with Crippen molar-refractivity contribution in [1.29, 1.82) is 0 Å². The SMILES string of the molecule is COCCn1[nH]c2c(c1=O)CCN(Cc1ccc(Cl)cc1)C2. The van der Waals surface area contributed by atoms with Crippen LogP contribution >= 0.6 is 11.6 Å². The first-order chi connectivity index (χ1) is 10.7. The number of aromatic nitrogens is 2. The van der Waals surface area contributed by atoms with Gasteiger partial charge in [0.05, 0.1) is 18.8 Å². The minimum atomic E-state index is 0.0955. The van der Waals surface area contributed by atoms with E-state index in [2.05, 4.69) is 10.00 Å². The maximum absolute atomic E-state index is 12.3. The third-order valence-corrected chi connectivity index (χ3v) is 4.29. The van der Waals surface area contributed by atoms with E-state index in [9.17, 15) is 4.79 Å². The van der Waals surface area contributed by atoms with Crippen LogP contribution in [0.15, 0.2) is 29.1 Å². The molecule has 2 heterocycles. The number of H-pyrrole nitrogens is 1. The number of nitrogens with one attached hydrogen (secondary N) is 1. The minimum Gasteiger partial charge on any atom is -0.383 e. The molecule has 5 nitrogen and oxygen atoms in total. The fourth-order valence-electron chi connectivity index (χ4n) is 2.86. The molecule has 1 aliphatic heterocycles. The van der Waals surface area contributed by atoms with Crippen molar-refractivity contribution in [1.82, 2.24) is 14.7 Å². The lowest BCUT2D eigenvalue weighted by molar-refractivity contribution is 0.182. The molecular formula is C16H20ClN3O2. The average Bonchev–Trinajstić information content (AvgIpc) is 2.83. The monoisotopic (exact) mass is 321 g/mol. The number of fused-ring (bicyclic) bond motifs is 1. The molecule has 22 heavy (non-hydrogen) atoms. The van der Waals surface area contributed by atoms with E-state index in [1.165, 1.54) is 5.56 Å². The molecule has 0 fully saturated rings. The normalized spacial score (nSPS) is 15.0. The van der Waals surface area contributed by atoms with E-state index in [-0.39, 0.29) is 5.56 Å². The van der Waals surface area contributed by atoms with Crippen molar-refractivity contribution in [2.75, 3.05) is 20.3 Å². The van der Waals surface area contributed by atoms with Crippen LogP contribution in [0.2, 0.25) is 5.02 Å². The van der Waals surface area contributed by atoms with Gasteiger partial charge in [0.25, 0.3) is 5.56 Å². The topological polar surface area (TPSA) is 50.3 Å². The number of hydrogen-bond acceptors (Lipinski definition) is 3. The molecule has 0 atom stereocenters. The lowest BCUT2D eigenvalue weighted by Gasteiger charge is -2.25. The van der Waals surface area contributed by atoms with Gasteiger partial charge >= 0.3 is 0 Å². The zero-order chi connectivity index (χ0) is 15.5. The third kappa shape index (κ3) is 3.27. The lowest BCUT2D eigenvalue weighted by Crippen LogP contribution is -2.31. The molecule has 1 N–H and O–H groups in total. The highest BCUT2D eigenvalue weighted by atomic mass is 35.5. The number of aromatic amines is 1. The fourth-order valence-corrected chi connectivity index (χ4v) is 2.98. The van der Waals surface area contributed by atoms with Gasteiger partial charge in [0.15, 0.2) is 0 Å². The van der Waals surface area contributed by atoms with Gasteiger partial charge in [0.2, 0.25) is 0 Å². The second-order valence-corrected chi connectivity index (χ2v) is 6.04. The van der Waals surface area contributed by atoms with Gasteiger partial charge in [-0.15, -0.1) is 0 Å². The summed E-state index contributed by atoms with van der Waals surface area (Å²) in [6.45, 7) is 3.63. The summed E-state index contributed by atoms with van der Waals surface area (Å²) in [6, 6.07) is 7.92. The molecule has 0 spiro atoms. The minimum absolute atomic E-state index is 0.0955. The maximum Gasteiger partial charge on any atom is 0.270 e. The Bertz CT molecular complexity index is 690. The fraction of sp³-hybridized carbons (Fsp3) is 0.438. The predicted molar refractivity (Wildman–Crippen MR) is 86.2 cm³/mol. The summed E-state index contributed by atoms with van der Waals surface area (Å²) >= 11 is 5.92. The number of nitrogens with zero attached hydrogens (tertiary/aromatic N) is 2. The summed E-state index contributed by atoms with van der Waals surface area (Å²) in [7, 11) is 1.64. The van der Waals surface area contributed by atoms with E-state index in [0.29, 0.717) is 13.2 Å². The van der Waals surface area contributed by atoms with Crippen LogP contribution in [0, 0.1) is 0 Å². The van der Waals surface area contributed by atoms with E-state index in [4.69, 9.17) is 16.3 Å². The standard InChI is InChI=1S/C16H20ClN3O2/c1-22-9-8-20-16(21)14-6-7-19(11-15(14)18-20)10-12-2-4-13(17)5-3-12/h2-5,18H,6-11H2,1H3. The van der Waals surface area contributed by atoms with Crippen molar-refractivity contribution >= 4 is 11.6 Å². The number of rotatable bonds is 5. The summed E-state index contributed by atoms with van der Waals surface area (Å²) in [5.41, 5.74) is 3.27. The lowest BCUT2D eigenvalue weighted by atomic mass is 10.1. The second kappa shape index (κ2) is 6.69. The Morgan fingerprint density at radius 3 is 2.82 bits per heavy atom. The molecule has 0 radical (unpaired) electrons. The number of hydrogen-bond donors (Lipinski definition) is 1. The van der Waals surface area contributed by atoms with Gasteiger partial charge in [-0.25, -0.2) is 0 Å². The zero-order valence-electron chi connectivity index (χ0n) is 12.6. The highest BCUT2D eigenvalue weighted by Gasteiger charge is 2.22. The number of benzene rings is 1. The van der Waals surface area contributed by atoms with Gasteiger partial charge in [0, 0.05) is 37.3 Å². The van der Waals surface area contributed by atoms with E-state index in [1.54, 1.807) is 11.8 Å². The largest absolute Gasteiger partial charge is 0.383 e. The highest BCUT2D eigenvalue weighted by molar-refractivity contribution is 6.30. The van der Waals surface area contributed by atoms with Crippen molar-refractivity contribution in [2.45, 2.75) is 26.1 Å². The van der Waals surface area contributed by atoms with Crippen LogP contribution < -0.4 is 5.56 Å². The molecule has 1 aromatic heterocycles. The number of ether oxygens (including phenoxy) is 1. The number of methoxy groups -OCH3 is 1. The van der Waals surface area contributed by atoms with Gasteiger partial charge in [-0.05, 0) is 24.1 Å². The van der Waals surface area contributed by atoms with Crippen LogP contribution in [0.25, 0.3) is 0 Å². The van der Waals surface area contributed by atoms with Crippen LogP contribution in [0.3, 0.4) is 0 Å². The van der Waals surface area contributed by atoms with Crippen molar-refractivity contribution in [3.63, 3.8) is 0 Å². The first-order valence-corrected chi connectivity index (χ1v) is 7.81. The molecule has 0 saturated carbocycles. The highest BCUT2D eigenvalue weighted by Crippen LogP contribution is 2.18. The van der Waals surface area contributed by atoms with Crippen LogP contribution in [0.1, 0.15) is 16.8 Å². The summed E-state index contributed by atoms with van der Waals surface area (Å²) in [5, 5.41) is 3.98. The Balaban J connectivity index is 1.70. The molecule has 1 aliphatic rings. The van der Waals surface area contributed by atoms with Crippen LogP contribution in [0.5, 0.6) is 0 Å². The van der Waals surface area contributed by atoms with E-state index in [1.807, 2.05) is 24.3 Å². The van der Waals surface area contributed by atoms with Crippen molar-refractivity contribution < 1.29 is 4.74 Å². The Morgan fingerprint density at radius 1 is 1.32 bits per heavy atom. The van der Waals surface area contributed by atoms with Crippen molar-refractivity contribution in [2.24, 2.45) is 0 Å². The van der Waals surface area contributed by atoms with E-state index < -0.39 is 0 Å². The molecule has 0 unspecified atom stereocenters. The maximum atomic E-state index is 12.3. The Labute approximate surface area is 134 Å². The quantitative estimate of drug-likeness (QED) is 0.917. The zero-order valence-corrected chi connectivity index (χ0v) is 13.4.